The van der Waals surface area contributed by atoms with Gasteiger partial charge in [-0.1, -0.05) is 18.9 Å². The van der Waals surface area contributed by atoms with E-state index in [1.165, 1.54) is 12.1 Å². The van der Waals surface area contributed by atoms with E-state index >= 15 is 0 Å². The smallest absolute Gasteiger partial charge is 0.273 e. The first-order chi connectivity index (χ1) is 9.81. The van der Waals surface area contributed by atoms with Crippen LogP contribution in [0, 0.1) is 17.0 Å². The quantitative estimate of drug-likeness (QED) is 0.646. The summed E-state index contributed by atoms with van der Waals surface area (Å²) < 4.78 is 27.0. The SMILES string of the molecule is Cc1ccc(S(=O)(=O)N[C@@H]2CCCC[C@H]2O)cc1[N+](=O)[O-]. The zero-order chi connectivity index (χ0) is 15.6. The van der Waals surface area contributed by atoms with Crippen molar-refractivity contribution in [2.45, 2.75) is 49.6 Å². The van der Waals surface area contributed by atoms with Crippen LogP contribution in [0.5, 0.6) is 0 Å². The van der Waals surface area contributed by atoms with Gasteiger partial charge in [0, 0.05) is 17.7 Å². The normalized spacial score (nSPS) is 23.0. The molecule has 1 aliphatic rings. The van der Waals surface area contributed by atoms with E-state index in [0.717, 1.165) is 18.9 Å². The molecule has 1 fully saturated rings. The molecule has 116 valence electrons. The minimum absolute atomic E-state index is 0.155. The monoisotopic (exact) mass is 314 g/mol. The van der Waals surface area contributed by atoms with Crippen molar-refractivity contribution in [1.29, 1.82) is 0 Å². The fourth-order valence-electron chi connectivity index (χ4n) is 2.47. The van der Waals surface area contributed by atoms with Crippen molar-refractivity contribution in [1.82, 2.24) is 4.72 Å². The standard InChI is InChI=1S/C13H18N2O5S/c1-9-6-7-10(8-12(9)15(17)18)21(19,20)14-11-4-2-3-5-13(11)16/h6-8,11,13-14,16H,2-5H2,1H3/t11-,13-/m1/s1. The third kappa shape index (κ3) is 3.58. The summed E-state index contributed by atoms with van der Waals surface area (Å²) in [5, 5.41) is 20.7. The van der Waals surface area contributed by atoms with Crippen molar-refractivity contribution in [3.63, 3.8) is 0 Å². The lowest BCUT2D eigenvalue weighted by Crippen LogP contribution is -2.44. The molecule has 7 nitrogen and oxygen atoms in total. The Balaban J connectivity index is 2.27. The highest BCUT2D eigenvalue weighted by molar-refractivity contribution is 7.89. The van der Waals surface area contributed by atoms with Crippen molar-refractivity contribution in [2.75, 3.05) is 0 Å². The number of benzene rings is 1. The first kappa shape index (κ1) is 15.9. The highest BCUT2D eigenvalue weighted by Gasteiger charge is 2.29. The average molecular weight is 314 g/mol. The molecule has 2 atom stereocenters. The summed E-state index contributed by atoms with van der Waals surface area (Å²) in [6.07, 6.45) is 2.12. The summed E-state index contributed by atoms with van der Waals surface area (Å²) in [5.41, 5.74) is 0.165. The number of sulfonamides is 1. The van der Waals surface area contributed by atoms with E-state index in [0.29, 0.717) is 18.4 Å². The molecule has 0 aromatic heterocycles. The second-order valence-electron chi connectivity index (χ2n) is 5.28. The van der Waals surface area contributed by atoms with Crippen LogP contribution >= 0.6 is 0 Å². The molecule has 0 saturated heterocycles. The lowest BCUT2D eigenvalue weighted by atomic mass is 9.93. The molecule has 1 aliphatic carbocycles. The minimum atomic E-state index is -3.88. The summed E-state index contributed by atoms with van der Waals surface area (Å²) in [5.74, 6) is 0. The number of nitro benzene ring substituents is 1. The fraction of sp³-hybridized carbons (Fsp3) is 0.538. The first-order valence-electron chi connectivity index (χ1n) is 6.77. The van der Waals surface area contributed by atoms with Gasteiger partial charge in [0.05, 0.1) is 15.9 Å². The fourth-order valence-corrected chi connectivity index (χ4v) is 3.79. The predicted octanol–water partition coefficient (Wildman–Crippen LogP) is 1.49. The molecule has 0 aliphatic heterocycles. The number of nitrogens with zero attached hydrogens (tertiary/aromatic N) is 1. The van der Waals surface area contributed by atoms with Crippen LogP contribution in [0.15, 0.2) is 23.1 Å². The van der Waals surface area contributed by atoms with Gasteiger partial charge in [-0.3, -0.25) is 10.1 Å². The molecular formula is C13H18N2O5S. The van der Waals surface area contributed by atoms with Crippen LogP contribution in [0.3, 0.4) is 0 Å². The largest absolute Gasteiger partial charge is 0.391 e. The summed E-state index contributed by atoms with van der Waals surface area (Å²) in [4.78, 5) is 10.1. The van der Waals surface area contributed by atoms with Gasteiger partial charge in [0.25, 0.3) is 5.69 Å². The molecule has 21 heavy (non-hydrogen) atoms. The van der Waals surface area contributed by atoms with Crippen molar-refractivity contribution in [3.05, 3.63) is 33.9 Å². The molecule has 1 saturated carbocycles. The average Bonchev–Trinajstić information content (AvgIpc) is 2.41. The second kappa shape index (κ2) is 6.08. The number of aliphatic hydroxyl groups is 1. The summed E-state index contributed by atoms with van der Waals surface area (Å²) in [6.45, 7) is 1.55. The van der Waals surface area contributed by atoms with Crippen LogP contribution in [0.1, 0.15) is 31.2 Å². The lowest BCUT2D eigenvalue weighted by Gasteiger charge is -2.28. The lowest BCUT2D eigenvalue weighted by molar-refractivity contribution is -0.385. The maximum atomic E-state index is 12.3. The Kier molecular flexibility index (Phi) is 4.60. The number of nitrogens with one attached hydrogen (secondary N) is 1. The van der Waals surface area contributed by atoms with Gasteiger partial charge in [0.15, 0.2) is 0 Å². The van der Waals surface area contributed by atoms with Gasteiger partial charge in [0.2, 0.25) is 10.0 Å². The highest BCUT2D eigenvalue weighted by Crippen LogP contribution is 2.24. The molecule has 8 heteroatoms. The number of hydrogen-bond acceptors (Lipinski definition) is 5. The molecule has 0 bridgehead atoms. The van der Waals surface area contributed by atoms with E-state index in [9.17, 15) is 23.6 Å². The Morgan fingerprint density at radius 1 is 1.33 bits per heavy atom. The Labute approximate surface area is 123 Å². The molecule has 1 aromatic rings. The van der Waals surface area contributed by atoms with Gasteiger partial charge >= 0.3 is 0 Å². The van der Waals surface area contributed by atoms with Crippen molar-refractivity contribution < 1.29 is 18.4 Å². The van der Waals surface area contributed by atoms with E-state index in [2.05, 4.69) is 4.72 Å². The maximum Gasteiger partial charge on any atom is 0.273 e. The van der Waals surface area contributed by atoms with Gasteiger partial charge in [-0.05, 0) is 25.8 Å². The van der Waals surface area contributed by atoms with E-state index in [1.807, 2.05) is 0 Å². The summed E-state index contributed by atoms with van der Waals surface area (Å²) in [7, 11) is -3.88. The number of aliphatic hydroxyl groups excluding tert-OH is 1. The molecule has 2 rings (SSSR count). The number of aryl methyl sites for hydroxylation is 1. The van der Waals surface area contributed by atoms with Crippen molar-refractivity contribution in [2.24, 2.45) is 0 Å². The van der Waals surface area contributed by atoms with E-state index < -0.39 is 27.1 Å². The Morgan fingerprint density at radius 3 is 2.62 bits per heavy atom. The Morgan fingerprint density at radius 2 is 2.00 bits per heavy atom. The van der Waals surface area contributed by atoms with Crippen molar-refractivity contribution >= 4 is 15.7 Å². The van der Waals surface area contributed by atoms with Crippen LogP contribution in [0.2, 0.25) is 0 Å². The summed E-state index contributed by atoms with van der Waals surface area (Å²) in [6, 6.07) is 3.25. The Bertz CT molecular complexity index is 644. The maximum absolute atomic E-state index is 12.3. The number of rotatable bonds is 4. The van der Waals surface area contributed by atoms with Crippen LogP contribution in [-0.4, -0.2) is 30.6 Å². The third-order valence-corrected chi connectivity index (χ3v) is 5.21. The molecule has 0 heterocycles. The van der Waals surface area contributed by atoms with Crippen LogP contribution in [0.25, 0.3) is 0 Å². The molecular weight excluding hydrogens is 296 g/mol. The Hall–Kier alpha value is -1.51. The summed E-state index contributed by atoms with van der Waals surface area (Å²) >= 11 is 0. The molecule has 0 radical (unpaired) electrons. The number of nitro groups is 1. The van der Waals surface area contributed by atoms with Crippen LogP contribution in [-0.2, 0) is 10.0 Å². The van der Waals surface area contributed by atoms with E-state index in [-0.39, 0.29) is 10.6 Å². The predicted molar refractivity (Wildman–Crippen MR) is 76.4 cm³/mol. The van der Waals surface area contributed by atoms with Gasteiger partial charge in [-0.25, -0.2) is 13.1 Å². The van der Waals surface area contributed by atoms with Crippen LogP contribution in [0.4, 0.5) is 5.69 Å². The van der Waals surface area contributed by atoms with E-state index in [1.54, 1.807) is 6.92 Å². The zero-order valence-corrected chi connectivity index (χ0v) is 12.5. The highest BCUT2D eigenvalue weighted by atomic mass is 32.2. The zero-order valence-electron chi connectivity index (χ0n) is 11.7. The first-order valence-corrected chi connectivity index (χ1v) is 8.25. The molecule has 0 unspecified atom stereocenters. The molecule has 2 N–H and O–H groups in total. The molecule has 1 aromatic carbocycles. The van der Waals surface area contributed by atoms with Crippen LogP contribution < -0.4 is 4.72 Å². The second-order valence-corrected chi connectivity index (χ2v) is 7.00. The van der Waals surface area contributed by atoms with Gasteiger partial charge in [-0.15, -0.1) is 0 Å². The van der Waals surface area contributed by atoms with Gasteiger partial charge < -0.3 is 5.11 Å². The topological polar surface area (TPSA) is 110 Å². The van der Waals surface area contributed by atoms with Crippen molar-refractivity contribution in [3.8, 4) is 0 Å². The minimum Gasteiger partial charge on any atom is -0.391 e. The molecule has 0 spiro atoms. The molecule has 0 amide bonds. The van der Waals surface area contributed by atoms with Gasteiger partial charge in [-0.2, -0.15) is 0 Å². The number of hydrogen-bond donors (Lipinski definition) is 2. The van der Waals surface area contributed by atoms with Gasteiger partial charge in [0.1, 0.15) is 0 Å². The van der Waals surface area contributed by atoms with E-state index in [4.69, 9.17) is 0 Å². The third-order valence-electron chi connectivity index (χ3n) is 3.72.